The van der Waals surface area contributed by atoms with E-state index in [-0.39, 0.29) is 5.41 Å². The molecule has 0 atom stereocenters. The monoisotopic (exact) mass is 574 g/mol. The molecule has 45 heavy (non-hydrogen) atoms. The second kappa shape index (κ2) is 9.70. The Morgan fingerprint density at radius 1 is 0.444 bits per heavy atom. The molecule has 0 saturated carbocycles. The van der Waals surface area contributed by atoms with Crippen LogP contribution < -0.4 is 0 Å². The maximum atomic E-state index is 5.34. The molecule has 0 fully saturated rings. The molecular formula is C43H30N2. The van der Waals surface area contributed by atoms with Crippen molar-refractivity contribution in [1.29, 1.82) is 0 Å². The molecule has 0 aliphatic heterocycles. The average Bonchev–Trinajstić information content (AvgIpc) is 3.33. The first-order valence-electron chi connectivity index (χ1n) is 15.6. The molecule has 8 aromatic rings. The largest absolute Gasteiger partial charge is 0.228 e. The zero-order valence-corrected chi connectivity index (χ0v) is 25.3. The normalized spacial score (nSPS) is 13.3. The molecule has 2 heteroatoms. The highest BCUT2D eigenvalue weighted by Gasteiger charge is 2.37. The van der Waals surface area contributed by atoms with Crippen molar-refractivity contribution in [2.24, 2.45) is 0 Å². The number of rotatable bonds is 3. The molecule has 9 rings (SSSR count). The third-order valence-electron chi connectivity index (χ3n) is 9.64. The van der Waals surface area contributed by atoms with E-state index in [1.165, 1.54) is 54.6 Å². The van der Waals surface area contributed by atoms with Gasteiger partial charge in [-0.05, 0) is 66.7 Å². The summed E-state index contributed by atoms with van der Waals surface area (Å²) in [6, 6.07) is 52.3. The van der Waals surface area contributed by atoms with E-state index in [4.69, 9.17) is 9.97 Å². The maximum absolute atomic E-state index is 5.34. The first kappa shape index (κ1) is 25.9. The molecule has 0 bridgehead atoms. The molecule has 0 unspecified atom stereocenters. The molecule has 1 heterocycles. The molecule has 1 aliphatic rings. The van der Waals surface area contributed by atoms with Crippen molar-refractivity contribution >= 4 is 32.3 Å². The van der Waals surface area contributed by atoms with Gasteiger partial charge in [0.25, 0.3) is 0 Å². The number of fused-ring (bicyclic) bond motifs is 7. The molecule has 212 valence electrons. The Kier molecular flexibility index (Phi) is 5.58. The highest BCUT2D eigenvalue weighted by molar-refractivity contribution is 6.19. The van der Waals surface area contributed by atoms with Gasteiger partial charge >= 0.3 is 0 Å². The fourth-order valence-electron chi connectivity index (χ4n) is 7.59. The Morgan fingerprint density at radius 3 is 1.98 bits per heavy atom. The van der Waals surface area contributed by atoms with Crippen LogP contribution in [0.2, 0.25) is 0 Å². The van der Waals surface area contributed by atoms with Crippen molar-refractivity contribution in [2.45, 2.75) is 19.3 Å². The Bertz CT molecular complexity index is 2450. The summed E-state index contributed by atoms with van der Waals surface area (Å²) in [7, 11) is 0. The lowest BCUT2D eigenvalue weighted by molar-refractivity contribution is 0.662. The van der Waals surface area contributed by atoms with Crippen LogP contribution in [0.1, 0.15) is 25.0 Å². The number of hydrogen-bond acceptors (Lipinski definition) is 2. The number of hydrogen-bond donors (Lipinski definition) is 0. The van der Waals surface area contributed by atoms with Crippen LogP contribution in [-0.2, 0) is 5.41 Å². The summed E-state index contributed by atoms with van der Waals surface area (Å²) in [5.41, 5.74) is 10.3. The summed E-state index contributed by atoms with van der Waals surface area (Å²) in [5.74, 6) is 0.732. The lowest BCUT2D eigenvalue weighted by Gasteiger charge is -2.24. The van der Waals surface area contributed by atoms with Crippen molar-refractivity contribution in [3.63, 3.8) is 0 Å². The summed E-state index contributed by atoms with van der Waals surface area (Å²) in [4.78, 5) is 10.6. The van der Waals surface area contributed by atoms with Crippen LogP contribution in [0.3, 0.4) is 0 Å². The van der Waals surface area contributed by atoms with Gasteiger partial charge in [0.15, 0.2) is 5.82 Å². The average molecular weight is 575 g/mol. The minimum Gasteiger partial charge on any atom is -0.228 e. The SMILES string of the molecule is CC1(C)c2ccccc2-c2cccc(-c3cc(-c4c5ccccc5cc5c4ccc4ccccc45)nc(-c4ccccc4)n3)c21. The van der Waals surface area contributed by atoms with Crippen LogP contribution in [-0.4, -0.2) is 9.97 Å². The van der Waals surface area contributed by atoms with E-state index in [1.54, 1.807) is 0 Å². The van der Waals surface area contributed by atoms with Gasteiger partial charge in [0.2, 0.25) is 0 Å². The van der Waals surface area contributed by atoms with Crippen molar-refractivity contribution in [1.82, 2.24) is 9.97 Å². The van der Waals surface area contributed by atoms with Gasteiger partial charge in [0.1, 0.15) is 0 Å². The number of aromatic nitrogens is 2. The van der Waals surface area contributed by atoms with Gasteiger partial charge in [-0.15, -0.1) is 0 Å². The third kappa shape index (κ3) is 3.89. The fraction of sp³-hybridized carbons (Fsp3) is 0.0698. The standard InChI is InChI=1S/C43H30N2/c1-43(2)37-22-11-10-19-32(37)34-20-12-21-35(41(34)43)38-26-39(45-42(44-38)28-14-4-3-5-15-28)40-31-18-9-7-16-29(31)25-36-30-17-8-6-13-27(30)23-24-33(36)40/h3-26H,1-2H3. The highest BCUT2D eigenvalue weighted by Crippen LogP contribution is 2.52. The minimum atomic E-state index is -0.161. The van der Waals surface area contributed by atoms with E-state index >= 15 is 0 Å². The minimum absolute atomic E-state index is 0.161. The van der Waals surface area contributed by atoms with Gasteiger partial charge in [0, 0.05) is 22.1 Å². The summed E-state index contributed by atoms with van der Waals surface area (Å²) in [6.07, 6.45) is 0. The smallest absolute Gasteiger partial charge is 0.160 e. The second-order valence-electron chi connectivity index (χ2n) is 12.6. The molecule has 0 spiro atoms. The van der Waals surface area contributed by atoms with Gasteiger partial charge in [-0.25, -0.2) is 9.97 Å². The first-order valence-corrected chi connectivity index (χ1v) is 15.6. The molecule has 0 radical (unpaired) electrons. The quantitative estimate of drug-likeness (QED) is 0.155. The Hall–Kier alpha value is -5.60. The summed E-state index contributed by atoms with van der Waals surface area (Å²) >= 11 is 0. The van der Waals surface area contributed by atoms with E-state index in [9.17, 15) is 0 Å². The predicted molar refractivity (Wildman–Crippen MR) is 188 cm³/mol. The second-order valence-corrected chi connectivity index (χ2v) is 12.6. The van der Waals surface area contributed by atoms with Crippen molar-refractivity contribution in [3.05, 3.63) is 157 Å². The van der Waals surface area contributed by atoms with Crippen LogP contribution in [0.4, 0.5) is 0 Å². The molecule has 0 N–H and O–H groups in total. The van der Waals surface area contributed by atoms with Crippen LogP contribution in [0.15, 0.2) is 146 Å². The molecule has 0 saturated heterocycles. The van der Waals surface area contributed by atoms with E-state index in [1.807, 2.05) is 6.07 Å². The zero-order valence-electron chi connectivity index (χ0n) is 25.3. The van der Waals surface area contributed by atoms with Crippen LogP contribution >= 0.6 is 0 Å². The predicted octanol–water partition coefficient (Wildman–Crippen LogP) is 11.2. The summed E-state index contributed by atoms with van der Waals surface area (Å²) < 4.78 is 0. The summed E-state index contributed by atoms with van der Waals surface area (Å²) in [5, 5.41) is 7.31. The molecule has 1 aliphatic carbocycles. The van der Waals surface area contributed by atoms with Crippen LogP contribution in [0, 0.1) is 0 Å². The van der Waals surface area contributed by atoms with Gasteiger partial charge in [-0.3, -0.25) is 0 Å². The maximum Gasteiger partial charge on any atom is 0.160 e. The molecule has 0 amide bonds. The Balaban J connectivity index is 1.39. The van der Waals surface area contributed by atoms with E-state index in [0.29, 0.717) is 0 Å². The van der Waals surface area contributed by atoms with Gasteiger partial charge in [0.05, 0.1) is 11.4 Å². The molecular weight excluding hydrogens is 544 g/mol. The fourth-order valence-corrected chi connectivity index (χ4v) is 7.59. The first-order chi connectivity index (χ1) is 22.1. The summed E-state index contributed by atoms with van der Waals surface area (Å²) in [6.45, 7) is 4.68. The zero-order chi connectivity index (χ0) is 30.1. The topological polar surface area (TPSA) is 25.8 Å². The van der Waals surface area contributed by atoms with Crippen molar-refractivity contribution in [3.8, 4) is 45.0 Å². The highest BCUT2D eigenvalue weighted by atomic mass is 14.9. The number of benzene rings is 7. The van der Waals surface area contributed by atoms with Crippen molar-refractivity contribution < 1.29 is 0 Å². The van der Waals surface area contributed by atoms with E-state index < -0.39 is 0 Å². The lowest BCUT2D eigenvalue weighted by Crippen LogP contribution is -2.16. The molecule has 2 nitrogen and oxygen atoms in total. The third-order valence-corrected chi connectivity index (χ3v) is 9.64. The Morgan fingerprint density at radius 2 is 1.11 bits per heavy atom. The van der Waals surface area contributed by atoms with Gasteiger partial charge in [-0.1, -0.05) is 147 Å². The van der Waals surface area contributed by atoms with Crippen molar-refractivity contribution in [2.75, 3.05) is 0 Å². The van der Waals surface area contributed by atoms with Crippen LogP contribution in [0.5, 0.6) is 0 Å². The Labute approximate surface area is 262 Å². The van der Waals surface area contributed by atoms with Gasteiger partial charge in [-0.2, -0.15) is 0 Å². The van der Waals surface area contributed by atoms with Gasteiger partial charge < -0.3 is 0 Å². The lowest BCUT2D eigenvalue weighted by atomic mass is 9.79. The number of nitrogens with zero attached hydrogens (tertiary/aromatic N) is 2. The van der Waals surface area contributed by atoms with E-state index in [2.05, 4.69) is 153 Å². The molecule has 7 aromatic carbocycles. The molecule has 1 aromatic heterocycles. The van der Waals surface area contributed by atoms with Crippen LogP contribution in [0.25, 0.3) is 77.3 Å². The van der Waals surface area contributed by atoms with E-state index in [0.717, 1.165) is 33.9 Å².